The predicted octanol–water partition coefficient (Wildman–Crippen LogP) is -0.725. The number of hydrogen-bond acceptors (Lipinski definition) is 8. The zero-order valence-corrected chi connectivity index (χ0v) is 16.2. The zero-order valence-electron chi connectivity index (χ0n) is 16.2. The first-order valence-electron chi connectivity index (χ1n) is 9.56. The molecule has 0 bridgehead atoms. The van der Waals surface area contributed by atoms with Gasteiger partial charge in [-0.05, 0) is 23.3 Å². The fourth-order valence-electron chi connectivity index (χ4n) is 5.41. The number of methoxy groups -OCH3 is 1. The Bertz CT molecular complexity index is 947. The van der Waals surface area contributed by atoms with Gasteiger partial charge in [0.2, 0.25) is 0 Å². The molecule has 2 saturated carbocycles. The number of benzene rings is 2. The van der Waals surface area contributed by atoms with Gasteiger partial charge in [-0.2, -0.15) is 0 Å². The highest BCUT2D eigenvalue weighted by Crippen LogP contribution is 2.75. The van der Waals surface area contributed by atoms with Gasteiger partial charge in [0.1, 0.15) is 22.9 Å². The van der Waals surface area contributed by atoms with Crippen molar-refractivity contribution in [3.8, 4) is 0 Å². The molecule has 0 radical (unpaired) electrons. The van der Waals surface area contributed by atoms with E-state index in [0.717, 1.165) is 0 Å². The Kier molecular flexibility index (Phi) is 4.77. The molecule has 0 heterocycles. The molecule has 0 amide bonds. The number of carbonyl (C=O) groups excluding carboxylic acids is 1. The number of aliphatic hydroxyl groups is 6. The Morgan fingerprint density at radius 3 is 2.17 bits per heavy atom. The summed E-state index contributed by atoms with van der Waals surface area (Å²) in [6, 6.07) is 14.1. The molecule has 2 aromatic carbocycles. The number of aliphatic hydroxyl groups excluding tert-OH is 3. The summed E-state index contributed by atoms with van der Waals surface area (Å²) in [5.41, 5.74) is -5.82. The van der Waals surface area contributed by atoms with Crippen molar-refractivity contribution in [2.24, 2.45) is 0 Å². The minimum absolute atomic E-state index is 0.249. The first-order chi connectivity index (χ1) is 14.2. The molecule has 0 spiro atoms. The number of carbonyl (C=O) groups is 1. The molecule has 0 saturated heterocycles. The van der Waals surface area contributed by atoms with E-state index in [9.17, 15) is 35.4 Å². The van der Waals surface area contributed by atoms with Crippen molar-refractivity contribution in [1.82, 2.24) is 0 Å². The third-order valence-electron chi connectivity index (χ3n) is 6.82. The topological polar surface area (TPSA) is 148 Å². The van der Waals surface area contributed by atoms with Crippen LogP contribution in [0, 0.1) is 0 Å². The molecule has 4 rings (SSSR count). The van der Waals surface area contributed by atoms with Crippen LogP contribution < -0.4 is 0 Å². The molecule has 7 atom stereocenters. The van der Waals surface area contributed by atoms with Crippen molar-refractivity contribution in [2.45, 2.75) is 40.8 Å². The number of ether oxygens (including phenoxy) is 1. The number of rotatable bonds is 5. The normalized spacial score (nSPS) is 38.0. The van der Waals surface area contributed by atoms with Crippen LogP contribution in [0.15, 0.2) is 54.6 Å². The SMILES string of the molecule is COC(=O)c1ccc(C2C(O)[C@@]3(O)C(c4ccccc4)[C@@](O)([C@H](O)CO)[C@@]23O)cc1. The summed E-state index contributed by atoms with van der Waals surface area (Å²) in [5, 5.41) is 65.0. The van der Waals surface area contributed by atoms with Gasteiger partial charge in [-0.3, -0.25) is 0 Å². The van der Waals surface area contributed by atoms with Crippen molar-refractivity contribution in [2.75, 3.05) is 13.7 Å². The molecule has 0 aliphatic heterocycles. The van der Waals surface area contributed by atoms with E-state index >= 15 is 0 Å². The molecule has 30 heavy (non-hydrogen) atoms. The number of hydrogen-bond donors (Lipinski definition) is 6. The van der Waals surface area contributed by atoms with E-state index in [0.29, 0.717) is 11.1 Å². The van der Waals surface area contributed by atoms with Crippen molar-refractivity contribution in [3.63, 3.8) is 0 Å². The van der Waals surface area contributed by atoms with Crippen LogP contribution in [0.4, 0.5) is 0 Å². The fraction of sp³-hybridized carbons (Fsp3) is 0.409. The Labute approximate surface area is 172 Å². The first-order valence-corrected chi connectivity index (χ1v) is 9.56. The highest BCUT2D eigenvalue weighted by Gasteiger charge is 2.93. The fourth-order valence-corrected chi connectivity index (χ4v) is 5.41. The van der Waals surface area contributed by atoms with Gasteiger partial charge in [0, 0.05) is 5.92 Å². The highest BCUT2D eigenvalue weighted by atomic mass is 16.5. The highest BCUT2D eigenvalue weighted by molar-refractivity contribution is 5.89. The van der Waals surface area contributed by atoms with Gasteiger partial charge in [0.25, 0.3) is 0 Å². The molecular formula is C22H24O8. The minimum Gasteiger partial charge on any atom is -0.465 e. The monoisotopic (exact) mass is 416 g/mol. The largest absolute Gasteiger partial charge is 0.465 e. The van der Waals surface area contributed by atoms with E-state index in [1.807, 2.05) is 0 Å². The Morgan fingerprint density at radius 1 is 1.03 bits per heavy atom. The average molecular weight is 416 g/mol. The number of fused-ring (bicyclic) bond motifs is 1. The molecule has 2 aliphatic rings. The molecule has 2 aromatic rings. The van der Waals surface area contributed by atoms with Gasteiger partial charge in [-0.25, -0.2) is 4.79 Å². The van der Waals surface area contributed by atoms with Crippen LogP contribution >= 0.6 is 0 Å². The van der Waals surface area contributed by atoms with Crippen LogP contribution in [-0.4, -0.2) is 79.3 Å². The van der Waals surface area contributed by atoms with Gasteiger partial charge >= 0.3 is 5.97 Å². The van der Waals surface area contributed by atoms with E-state index in [1.54, 1.807) is 30.3 Å². The van der Waals surface area contributed by atoms with Gasteiger partial charge in [-0.1, -0.05) is 42.5 Å². The smallest absolute Gasteiger partial charge is 0.337 e. The number of esters is 1. The maximum absolute atomic E-state index is 11.7. The molecule has 160 valence electrons. The standard InChI is InChI=1S/C22H24O8/c1-30-19(26)14-9-7-12(8-10-14)16-18(25)21(28)17(13-5-3-2-4-6-13)20(27,15(24)11-23)22(16,21)29/h2-10,15-18,23-25,27-29H,11H2,1H3/t15-,16?,17?,18?,20+,21+,22+/m1/s1. The Balaban J connectivity index is 1.79. The van der Waals surface area contributed by atoms with E-state index in [4.69, 9.17) is 0 Å². The van der Waals surface area contributed by atoms with Gasteiger partial charge in [0.05, 0.1) is 31.3 Å². The van der Waals surface area contributed by atoms with Crippen LogP contribution in [0.1, 0.15) is 33.3 Å². The van der Waals surface area contributed by atoms with E-state index in [1.165, 1.54) is 31.4 Å². The third-order valence-corrected chi connectivity index (χ3v) is 6.82. The quantitative estimate of drug-likeness (QED) is 0.350. The summed E-state index contributed by atoms with van der Waals surface area (Å²) >= 11 is 0. The molecule has 3 unspecified atom stereocenters. The molecule has 2 aliphatic carbocycles. The predicted molar refractivity (Wildman–Crippen MR) is 104 cm³/mol. The summed E-state index contributed by atoms with van der Waals surface area (Å²) in [5.74, 6) is -2.97. The summed E-state index contributed by atoms with van der Waals surface area (Å²) in [6.45, 7) is -0.859. The van der Waals surface area contributed by atoms with E-state index in [-0.39, 0.29) is 5.56 Å². The van der Waals surface area contributed by atoms with E-state index in [2.05, 4.69) is 4.74 Å². The molecule has 2 fully saturated rings. The lowest BCUT2D eigenvalue weighted by Gasteiger charge is -2.80. The lowest BCUT2D eigenvalue weighted by atomic mass is 9.30. The second-order valence-corrected chi connectivity index (χ2v) is 8.00. The van der Waals surface area contributed by atoms with E-state index < -0.39 is 53.4 Å². The lowest BCUT2D eigenvalue weighted by molar-refractivity contribution is -0.459. The van der Waals surface area contributed by atoms with Crippen LogP contribution in [0.3, 0.4) is 0 Å². The molecule has 0 aromatic heterocycles. The molecule has 6 N–H and O–H groups in total. The van der Waals surface area contributed by atoms with Crippen LogP contribution in [0.2, 0.25) is 0 Å². The molecular weight excluding hydrogens is 392 g/mol. The maximum atomic E-state index is 11.7. The minimum atomic E-state index is -2.34. The molecule has 8 heteroatoms. The zero-order chi connectivity index (χ0) is 21.9. The summed E-state index contributed by atoms with van der Waals surface area (Å²) in [7, 11) is 1.24. The summed E-state index contributed by atoms with van der Waals surface area (Å²) in [4.78, 5) is 11.7. The maximum Gasteiger partial charge on any atom is 0.337 e. The second-order valence-electron chi connectivity index (χ2n) is 8.00. The first kappa shape index (κ1) is 20.9. The average Bonchev–Trinajstić information content (AvgIpc) is 2.78. The van der Waals surface area contributed by atoms with Crippen molar-refractivity contribution in [3.05, 3.63) is 71.3 Å². The Hall–Kier alpha value is -2.33. The van der Waals surface area contributed by atoms with Gasteiger partial charge in [0.15, 0.2) is 0 Å². The van der Waals surface area contributed by atoms with Gasteiger partial charge < -0.3 is 35.4 Å². The summed E-state index contributed by atoms with van der Waals surface area (Å²) < 4.78 is 4.65. The summed E-state index contributed by atoms with van der Waals surface area (Å²) in [6.07, 6.45) is -3.25. The lowest BCUT2D eigenvalue weighted by Crippen LogP contribution is -2.99. The molecule has 8 nitrogen and oxygen atoms in total. The third kappa shape index (κ3) is 2.23. The Morgan fingerprint density at radius 2 is 1.63 bits per heavy atom. The van der Waals surface area contributed by atoms with Crippen LogP contribution in [-0.2, 0) is 4.74 Å². The van der Waals surface area contributed by atoms with Crippen molar-refractivity contribution in [1.29, 1.82) is 0 Å². The van der Waals surface area contributed by atoms with Gasteiger partial charge in [-0.15, -0.1) is 0 Å². The van der Waals surface area contributed by atoms with Crippen LogP contribution in [0.5, 0.6) is 0 Å². The second kappa shape index (κ2) is 6.84. The van der Waals surface area contributed by atoms with Crippen molar-refractivity contribution < 1.29 is 40.2 Å². The van der Waals surface area contributed by atoms with Crippen molar-refractivity contribution >= 4 is 5.97 Å². The van der Waals surface area contributed by atoms with Crippen LogP contribution in [0.25, 0.3) is 0 Å².